The third kappa shape index (κ3) is 38.7. The van der Waals surface area contributed by atoms with E-state index in [1.54, 1.807) is 0 Å². The minimum absolute atomic E-state index is 0.0567. The Morgan fingerprint density at radius 3 is 1.20 bits per heavy atom. The topological polar surface area (TPSA) is 175 Å². The molecule has 1 heterocycles. The fraction of sp³-hybridized carbons (Fsp3) is 0.898. The molecule has 0 aliphatic carbocycles. The highest BCUT2D eigenvalue weighted by molar-refractivity contribution is 5.74. The van der Waals surface area contributed by atoms with E-state index < -0.39 is 67.3 Å². The van der Waals surface area contributed by atoms with Gasteiger partial charge in [0.25, 0.3) is 0 Å². The van der Waals surface area contributed by atoms with Crippen molar-refractivity contribution in [3.05, 3.63) is 12.2 Å². The Bertz CT molecular complexity index is 1290. The molecular formula is C59H108O12. The van der Waals surface area contributed by atoms with Gasteiger partial charge in [0.1, 0.15) is 18.8 Å². The lowest BCUT2D eigenvalue weighted by Crippen LogP contribution is -2.61. The van der Waals surface area contributed by atoms with E-state index in [0.29, 0.717) is 19.3 Å². The van der Waals surface area contributed by atoms with Crippen LogP contribution >= 0.6 is 0 Å². The molecule has 0 bridgehead atoms. The molecule has 0 aromatic rings. The minimum Gasteiger partial charge on any atom is -0.479 e. The maximum atomic E-state index is 13.1. The molecule has 0 saturated carbocycles. The second-order valence-electron chi connectivity index (χ2n) is 20.6. The number of aliphatic carboxylic acids is 1. The lowest BCUT2D eigenvalue weighted by Gasteiger charge is -2.40. The number of rotatable bonds is 51. The molecule has 1 aliphatic rings. The van der Waals surface area contributed by atoms with Crippen molar-refractivity contribution in [1.82, 2.24) is 0 Å². The molecule has 416 valence electrons. The number of hydrogen-bond acceptors (Lipinski definition) is 11. The number of aliphatic hydroxyl groups is 2. The van der Waals surface area contributed by atoms with Gasteiger partial charge in [0.15, 0.2) is 24.6 Å². The molecule has 0 radical (unpaired) electrons. The molecule has 12 heteroatoms. The predicted molar refractivity (Wildman–Crippen MR) is 285 cm³/mol. The number of carbonyl (C=O) groups is 4. The van der Waals surface area contributed by atoms with Crippen molar-refractivity contribution in [1.29, 1.82) is 0 Å². The Kier molecular flexibility index (Phi) is 45.3. The van der Waals surface area contributed by atoms with Crippen LogP contribution in [0.5, 0.6) is 0 Å². The Hall–Kier alpha value is -2.54. The van der Waals surface area contributed by atoms with E-state index in [9.17, 15) is 34.5 Å². The van der Waals surface area contributed by atoms with Gasteiger partial charge in [-0.05, 0) is 44.9 Å². The maximum absolute atomic E-state index is 13.1. The largest absolute Gasteiger partial charge is 0.479 e. The van der Waals surface area contributed by atoms with Crippen molar-refractivity contribution in [3.8, 4) is 0 Å². The second kappa shape index (κ2) is 48.4. The lowest BCUT2D eigenvalue weighted by molar-refractivity contribution is -0.301. The van der Waals surface area contributed by atoms with Crippen LogP contribution in [-0.4, -0.2) is 89.2 Å². The van der Waals surface area contributed by atoms with Gasteiger partial charge in [0.05, 0.1) is 6.61 Å². The summed E-state index contributed by atoms with van der Waals surface area (Å²) in [5.74, 6) is -3.09. The molecule has 1 saturated heterocycles. The fourth-order valence-electron chi connectivity index (χ4n) is 9.25. The highest BCUT2D eigenvalue weighted by Crippen LogP contribution is 2.27. The van der Waals surface area contributed by atoms with E-state index in [4.69, 9.17) is 23.7 Å². The highest BCUT2D eigenvalue weighted by Gasteiger charge is 2.50. The molecule has 0 spiro atoms. The summed E-state index contributed by atoms with van der Waals surface area (Å²) in [6.07, 6.45) is 40.3. The van der Waals surface area contributed by atoms with Crippen molar-refractivity contribution in [2.75, 3.05) is 13.2 Å². The fourth-order valence-corrected chi connectivity index (χ4v) is 9.25. The smallest absolute Gasteiger partial charge is 0.335 e. The van der Waals surface area contributed by atoms with Crippen molar-refractivity contribution < 1.29 is 58.2 Å². The van der Waals surface area contributed by atoms with Gasteiger partial charge in [-0.1, -0.05) is 238 Å². The quantitative estimate of drug-likeness (QED) is 0.0228. The summed E-state index contributed by atoms with van der Waals surface area (Å²) in [7, 11) is 0. The van der Waals surface area contributed by atoms with Crippen LogP contribution < -0.4 is 0 Å². The molecule has 3 N–H and O–H groups in total. The number of esters is 3. The number of carbonyl (C=O) groups excluding carboxylic acids is 3. The average Bonchev–Trinajstić information content (AvgIpc) is 3.35. The van der Waals surface area contributed by atoms with Crippen LogP contribution in [0.2, 0.25) is 0 Å². The van der Waals surface area contributed by atoms with Crippen molar-refractivity contribution in [2.24, 2.45) is 0 Å². The van der Waals surface area contributed by atoms with Gasteiger partial charge in [0, 0.05) is 19.3 Å². The molecule has 1 rings (SSSR count). The van der Waals surface area contributed by atoms with Crippen LogP contribution in [0.1, 0.15) is 290 Å². The van der Waals surface area contributed by atoms with E-state index >= 15 is 0 Å². The van der Waals surface area contributed by atoms with Gasteiger partial charge >= 0.3 is 23.9 Å². The first-order chi connectivity index (χ1) is 34.6. The number of unbranched alkanes of at least 4 members (excludes halogenated alkanes) is 35. The number of ether oxygens (including phenoxy) is 5. The Labute approximate surface area is 433 Å². The highest BCUT2D eigenvalue weighted by atomic mass is 16.7. The first-order valence-electron chi connectivity index (χ1n) is 29.7. The first kappa shape index (κ1) is 66.5. The summed E-state index contributed by atoms with van der Waals surface area (Å²) in [4.78, 5) is 51.0. The number of allylic oxidation sites excluding steroid dienone is 2. The van der Waals surface area contributed by atoms with Crippen LogP contribution in [0.15, 0.2) is 12.2 Å². The van der Waals surface area contributed by atoms with Gasteiger partial charge in [0.2, 0.25) is 0 Å². The van der Waals surface area contributed by atoms with Gasteiger partial charge in [-0.2, -0.15) is 0 Å². The molecule has 12 nitrogen and oxygen atoms in total. The number of hydrogen-bond donors (Lipinski definition) is 3. The Morgan fingerprint density at radius 2 is 0.803 bits per heavy atom. The molecule has 1 fully saturated rings. The van der Waals surface area contributed by atoms with Crippen LogP contribution in [0.25, 0.3) is 0 Å². The summed E-state index contributed by atoms with van der Waals surface area (Å²) < 4.78 is 28.4. The van der Waals surface area contributed by atoms with Crippen LogP contribution in [0.4, 0.5) is 0 Å². The third-order valence-electron chi connectivity index (χ3n) is 13.8. The summed E-state index contributed by atoms with van der Waals surface area (Å²) in [6, 6.07) is 0. The van der Waals surface area contributed by atoms with E-state index in [2.05, 4.69) is 32.9 Å². The van der Waals surface area contributed by atoms with E-state index in [-0.39, 0.29) is 25.9 Å². The molecule has 6 unspecified atom stereocenters. The summed E-state index contributed by atoms with van der Waals surface area (Å²) in [6.45, 7) is 6.01. The molecule has 0 amide bonds. The van der Waals surface area contributed by atoms with Gasteiger partial charge in [-0.25, -0.2) is 4.79 Å². The summed E-state index contributed by atoms with van der Waals surface area (Å²) in [5.41, 5.74) is 0. The van der Waals surface area contributed by atoms with Crippen LogP contribution in [0.3, 0.4) is 0 Å². The van der Waals surface area contributed by atoms with Crippen molar-refractivity contribution in [3.63, 3.8) is 0 Å². The second-order valence-corrected chi connectivity index (χ2v) is 20.6. The van der Waals surface area contributed by atoms with Crippen molar-refractivity contribution >= 4 is 23.9 Å². The zero-order valence-corrected chi connectivity index (χ0v) is 45.7. The Morgan fingerprint density at radius 1 is 0.451 bits per heavy atom. The lowest BCUT2D eigenvalue weighted by atomic mass is 9.98. The van der Waals surface area contributed by atoms with Gasteiger partial charge in [-0.15, -0.1) is 0 Å². The third-order valence-corrected chi connectivity index (χ3v) is 13.8. The number of aliphatic hydroxyl groups excluding tert-OH is 2. The normalized spacial score (nSPS) is 18.5. The Balaban J connectivity index is 2.68. The molecule has 1 aliphatic heterocycles. The SMILES string of the molecule is CCCCCCCC/C=C\CCCCCCCC(=O)OC1C(OCC(COC(=O)CCCCCCCCCCCCCCC)OC(=O)CCCCCCCCCCCCCCC)OC(C(=O)O)C(O)C1O. The van der Waals surface area contributed by atoms with Gasteiger partial charge in [-0.3, -0.25) is 14.4 Å². The molecule has 0 aromatic heterocycles. The van der Waals surface area contributed by atoms with Crippen LogP contribution in [0, 0.1) is 0 Å². The van der Waals surface area contributed by atoms with Gasteiger partial charge < -0.3 is 39.0 Å². The molecule has 71 heavy (non-hydrogen) atoms. The first-order valence-corrected chi connectivity index (χ1v) is 29.7. The molecule has 6 atom stereocenters. The minimum atomic E-state index is -1.90. The van der Waals surface area contributed by atoms with E-state index in [1.807, 2.05) is 0 Å². The maximum Gasteiger partial charge on any atom is 0.335 e. The van der Waals surface area contributed by atoms with E-state index in [0.717, 1.165) is 77.0 Å². The average molecular weight is 1010 g/mol. The number of carboxylic acids is 1. The monoisotopic (exact) mass is 1010 g/mol. The number of carboxylic acid groups (broad SMARTS) is 1. The van der Waals surface area contributed by atoms with E-state index in [1.165, 1.54) is 154 Å². The molecule has 0 aromatic carbocycles. The zero-order chi connectivity index (χ0) is 51.8. The molecular weight excluding hydrogens is 901 g/mol. The standard InChI is InChI=1S/C59H108O12/c1-4-7-10-13-16-19-22-25-26-29-32-35-38-41-44-47-53(62)70-57-55(64)54(63)56(58(65)66)71-59(57)68-49-50(69-52(61)46-43-40-37-34-31-28-24-21-18-15-12-9-6-3)48-67-51(60)45-42-39-36-33-30-27-23-20-17-14-11-8-5-2/h25-26,50,54-57,59,63-64H,4-24,27-49H2,1-3H3,(H,65,66)/b26-25-. The van der Waals surface area contributed by atoms with Crippen molar-refractivity contribution in [2.45, 2.75) is 327 Å². The summed E-state index contributed by atoms with van der Waals surface area (Å²) in [5, 5.41) is 31.4. The zero-order valence-electron chi connectivity index (χ0n) is 45.7. The van der Waals surface area contributed by atoms with Crippen LogP contribution in [-0.2, 0) is 42.9 Å². The predicted octanol–water partition coefficient (Wildman–Crippen LogP) is 14.9. The summed E-state index contributed by atoms with van der Waals surface area (Å²) >= 11 is 0.